The van der Waals surface area contributed by atoms with Gasteiger partial charge in [0.2, 0.25) is 0 Å². The van der Waals surface area contributed by atoms with Crippen LogP contribution in [0.15, 0.2) is 23.1 Å². The lowest BCUT2D eigenvalue weighted by Crippen LogP contribution is -2.31. The molecule has 1 aromatic rings. The van der Waals surface area contributed by atoms with Crippen molar-refractivity contribution < 1.29 is 9.18 Å². The summed E-state index contributed by atoms with van der Waals surface area (Å²) in [6.45, 7) is 0. The van der Waals surface area contributed by atoms with Crippen molar-refractivity contribution >= 4 is 18.5 Å². The highest BCUT2D eigenvalue weighted by Crippen LogP contribution is 2.16. The van der Waals surface area contributed by atoms with Crippen molar-refractivity contribution in [2.45, 2.75) is 4.90 Å². The molecule has 0 unspecified atom stereocenters. The molecule has 1 amide bonds. The Morgan fingerprint density at radius 3 is 2.75 bits per heavy atom. The van der Waals surface area contributed by atoms with Crippen LogP contribution in [0.25, 0.3) is 0 Å². The number of nitrogens with one attached hydrogen (secondary N) is 1. The predicted octanol–water partition coefficient (Wildman–Crippen LogP) is 0.986. The summed E-state index contributed by atoms with van der Waals surface area (Å²) in [4.78, 5) is 11.1. The first-order chi connectivity index (χ1) is 5.66. The number of hydrogen-bond donors (Lipinski definition) is 2. The van der Waals surface area contributed by atoms with Crippen molar-refractivity contribution in [3.8, 4) is 0 Å². The molecule has 12 heavy (non-hydrogen) atoms. The van der Waals surface area contributed by atoms with Gasteiger partial charge in [-0.25, -0.2) is 10.2 Å². The Labute approximate surface area is 74.1 Å². The average molecular weight is 185 g/mol. The van der Waals surface area contributed by atoms with Gasteiger partial charge in [-0.1, -0.05) is 18.7 Å². The van der Waals surface area contributed by atoms with E-state index >= 15 is 0 Å². The van der Waals surface area contributed by atoms with Crippen LogP contribution in [-0.4, -0.2) is 5.91 Å². The normalized spacial score (nSPS) is 9.50. The van der Waals surface area contributed by atoms with E-state index in [-0.39, 0.29) is 10.5 Å². The summed E-state index contributed by atoms with van der Waals surface area (Å²) in [6, 6.07) is 4.05. The van der Waals surface area contributed by atoms with Crippen LogP contribution in [0.3, 0.4) is 0 Å². The number of benzene rings is 1. The maximum absolute atomic E-state index is 12.9. The van der Waals surface area contributed by atoms with Crippen molar-refractivity contribution in [1.29, 1.82) is 0 Å². The van der Waals surface area contributed by atoms with Crippen LogP contribution < -0.4 is 11.3 Å². The van der Waals surface area contributed by atoms with E-state index in [4.69, 9.17) is 18.5 Å². The fraction of sp³-hybridized carbons (Fsp3) is 0. The molecule has 1 aromatic carbocycles. The molecule has 0 aliphatic rings. The summed E-state index contributed by atoms with van der Waals surface area (Å²) in [7, 11) is 0. The number of rotatable bonds is 1. The number of nitrogens with two attached hydrogens (primary N) is 1. The Morgan fingerprint density at radius 2 is 2.25 bits per heavy atom. The molecule has 0 saturated heterocycles. The zero-order valence-electron chi connectivity index (χ0n) is 6.00. The number of amides is 1. The molecule has 0 bridgehead atoms. The maximum Gasteiger partial charge on any atom is 0.269 e. The Bertz CT molecular complexity index is 296. The molecule has 0 spiro atoms. The molecule has 5 heteroatoms. The number of hydrogen-bond acceptors (Lipinski definition) is 2. The molecule has 63 valence electrons. The Hall–Kier alpha value is -1.20. The van der Waals surface area contributed by atoms with Crippen LogP contribution in [-0.2, 0) is 0 Å². The minimum absolute atomic E-state index is 0.151. The number of hydrazine groups is 1. The van der Waals surface area contributed by atoms with Gasteiger partial charge in [0, 0.05) is 0 Å². The van der Waals surface area contributed by atoms with Crippen molar-refractivity contribution in [1.82, 2.24) is 5.43 Å². The highest BCUT2D eigenvalue weighted by Gasteiger charge is 2.13. The van der Waals surface area contributed by atoms with E-state index in [1.165, 1.54) is 12.1 Å². The molecule has 0 fully saturated rings. The monoisotopic (exact) mass is 185 g/mol. The Morgan fingerprint density at radius 1 is 1.58 bits per heavy atom. The maximum atomic E-state index is 12.9. The summed E-state index contributed by atoms with van der Waals surface area (Å²) in [5.41, 5.74) is 1.63. The van der Waals surface area contributed by atoms with Gasteiger partial charge >= 0.3 is 0 Å². The summed E-state index contributed by atoms with van der Waals surface area (Å²) < 4.78 is 12.9. The standard InChI is InChI=1S/C7H6FN2OS/c8-4-2-1-3-5(12)6(4)7(11)10-9/h1-3H,9H2,(H,10,11). The average Bonchev–Trinajstić information content (AvgIpc) is 2.03. The zero-order valence-corrected chi connectivity index (χ0v) is 6.82. The fourth-order valence-corrected chi connectivity index (χ4v) is 1.07. The van der Waals surface area contributed by atoms with Crippen LogP contribution in [0.2, 0.25) is 0 Å². The predicted molar refractivity (Wildman–Crippen MR) is 43.9 cm³/mol. The molecule has 0 heterocycles. The van der Waals surface area contributed by atoms with Gasteiger partial charge in [0.1, 0.15) is 5.82 Å². The van der Waals surface area contributed by atoms with E-state index in [2.05, 4.69) is 0 Å². The van der Waals surface area contributed by atoms with Crippen LogP contribution in [0.4, 0.5) is 4.39 Å². The van der Waals surface area contributed by atoms with Crippen molar-refractivity contribution in [2.24, 2.45) is 5.84 Å². The van der Waals surface area contributed by atoms with Crippen LogP contribution in [0, 0.1) is 5.82 Å². The van der Waals surface area contributed by atoms with Gasteiger partial charge in [0.05, 0.1) is 10.5 Å². The molecule has 0 aliphatic heterocycles. The fourth-order valence-electron chi connectivity index (χ4n) is 0.797. The van der Waals surface area contributed by atoms with E-state index < -0.39 is 11.7 Å². The highest BCUT2D eigenvalue weighted by atomic mass is 32.1. The van der Waals surface area contributed by atoms with E-state index in [0.717, 1.165) is 6.07 Å². The van der Waals surface area contributed by atoms with E-state index in [1.54, 1.807) is 0 Å². The lowest BCUT2D eigenvalue weighted by atomic mass is 10.2. The smallest absolute Gasteiger partial charge is 0.269 e. The SMILES string of the molecule is NNC(=O)c1c(F)cccc1[S]. The van der Waals surface area contributed by atoms with Crippen LogP contribution >= 0.6 is 12.6 Å². The second kappa shape index (κ2) is 3.46. The van der Waals surface area contributed by atoms with Crippen molar-refractivity contribution in [3.63, 3.8) is 0 Å². The minimum Gasteiger partial charge on any atom is -0.290 e. The molecule has 3 N–H and O–H groups in total. The van der Waals surface area contributed by atoms with Crippen molar-refractivity contribution in [2.75, 3.05) is 0 Å². The van der Waals surface area contributed by atoms with Gasteiger partial charge in [-0.2, -0.15) is 0 Å². The molecule has 3 nitrogen and oxygen atoms in total. The molecule has 0 atom stereocenters. The van der Waals surface area contributed by atoms with E-state index in [9.17, 15) is 9.18 Å². The molecular formula is C7H6FN2OS. The second-order valence-electron chi connectivity index (χ2n) is 2.09. The zero-order chi connectivity index (χ0) is 9.14. The quantitative estimate of drug-likeness (QED) is 0.389. The van der Waals surface area contributed by atoms with Gasteiger partial charge < -0.3 is 0 Å². The van der Waals surface area contributed by atoms with Gasteiger partial charge in [0.15, 0.2) is 0 Å². The van der Waals surface area contributed by atoms with Gasteiger partial charge in [0.25, 0.3) is 5.91 Å². The first-order valence-electron chi connectivity index (χ1n) is 3.13. The molecule has 1 radical (unpaired) electrons. The summed E-state index contributed by atoms with van der Waals surface area (Å²) in [6.07, 6.45) is 0. The van der Waals surface area contributed by atoms with Crippen LogP contribution in [0.1, 0.15) is 10.4 Å². The first-order valence-corrected chi connectivity index (χ1v) is 3.54. The number of halogens is 1. The van der Waals surface area contributed by atoms with Gasteiger partial charge in [-0.05, 0) is 12.1 Å². The van der Waals surface area contributed by atoms with E-state index in [0.29, 0.717) is 0 Å². The Balaban J connectivity index is 3.21. The summed E-state index contributed by atoms with van der Waals surface area (Å²) >= 11 is 4.73. The Kier molecular flexibility index (Phi) is 2.57. The largest absolute Gasteiger partial charge is 0.290 e. The highest BCUT2D eigenvalue weighted by molar-refractivity contribution is 7.80. The number of carbonyl (C=O) groups excluding carboxylic acids is 1. The molecular weight excluding hydrogens is 179 g/mol. The first kappa shape index (κ1) is 8.89. The third kappa shape index (κ3) is 1.51. The van der Waals surface area contributed by atoms with E-state index in [1.807, 2.05) is 5.43 Å². The minimum atomic E-state index is -0.710. The van der Waals surface area contributed by atoms with Gasteiger partial charge in [-0.15, -0.1) is 0 Å². The third-order valence-corrected chi connectivity index (χ3v) is 1.67. The summed E-state index contributed by atoms with van der Waals surface area (Å²) in [5, 5.41) is 0. The van der Waals surface area contributed by atoms with Crippen LogP contribution in [0.5, 0.6) is 0 Å². The molecule has 0 aromatic heterocycles. The lowest BCUT2D eigenvalue weighted by Gasteiger charge is -2.02. The molecule has 1 rings (SSSR count). The lowest BCUT2D eigenvalue weighted by molar-refractivity contribution is 0.0946. The topological polar surface area (TPSA) is 55.1 Å². The molecule has 0 saturated carbocycles. The van der Waals surface area contributed by atoms with Gasteiger partial charge in [-0.3, -0.25) is 10.2 Å². The number of nitrogen functional groups attached to an aromatic ring is 1. The molecule has 0 aliphatic carbocycles. The number of carbonyl (C=O) groups is 1. The third-order valence-electron chi connectivity index (χ3n) is 1.33. The summed E-state index contributed by atoms with van der Waals surface area (Å²) in [5.74, 6) is 3.46. The second-order valence-corrected chi connectivity index (χ2v) is 2.53. The van der Waals surface area contributed by atoms with Crippen molar-refractivity contribution in [3.05, 3.63) is 29.6 Å².